The number of piperidine rings is 1. The van der Waals surface area contributed by atoms with E-state index in [4.69, 9.17) is 4.74 Å². The van der Waals surface area contributed by atoms with Gasteiger partial charge in [0, 0.05) is 29.9 Å². The fourth-order valence-electron chi connectivity index (χ4n) is 5.28. The van der Waals surface area contributed by atoms with E-state index in [-0.39, 0.29) is 11.7 Å². The lowest BCUT2D eigenvalue weighted by Crippen LogP contribution is -2.37. The highest BCUT2D eigenvalue weighted by molar-refractivity contribution is 5.98. The number of carbonyl (C=O) groups is 1. The SMILES string of the molecule is COc1ncccc1-c1ccc(O)c(-c2nc3ccc(C(=O)N4C[C@H]5CC[C@H]4C5)cc3[nH]2)c1. The van der Waals surface area contributed by atoms with Gasteiger partial charge in [-0.2, -0.15) is 0 Å². The molecule has 0 spiro atoms. The molecule has 0 unspecified atom stereocenters. The Morgan fingerprint density at radius 2 is 2.06 bits per heavy atom. The number of aromatic hydroxyl groups is 1. The molecule has 0 radical (unpaired) electrons. The number of hydrogen-bond acceptors (Lipinski definition) is 5. The number of phenolic OH excluding ortho intramolecular Hbond substituents is 1. The molecule has 1 saturated heterocycles. The smallest absolute Gasteiger partial charge is 0.254 e. The molecule has 6 rings (SSSR count). The minimum absolute atomic E-state index is 0.0915. The predicted molar refractivity (Wildman–Crippen MR) is 125 cm³/mol. The molecule has 1 amide bonds. The maximum absolute atomic E-state index is 13.1. The van der Waals surface area contributed by atoms with Gasteiger partial charge < -0.3 is 19.7 Å². The number of H-pyrrole nitrogens is 1. The number of rotatable bonds is 4. The van der Waals surface area contributed by atoms with Gasteiger partial charge in [0.25, 0.3) is 5.91 Å². The second-order valence-corrected chi connectivity index (χ2v) is 8.90. The summed E-state index contributed by atoms with van der Waals surface area (Å²) in [6.07, 6.45) is 5.17. The Balaban J connectivity index is 1.36. The van der Waals surface area contributed by atoms with E-state index in [1.807, 2.05) is 47.4 Å². The molecule has 1 aliphatic carbocycles. The van der Waals surface area contributed by atoms with E-state index >= 15 is 0 Å². The van der Waals surface area contributed by atoms with Crippen LogP contribution in [0.15, 0.2) is 54.7 Å². The quantitative estimate of drug-likeness (QED) is 0.483. The molecule has 7 nitrogen and oxygen atoms in total. The molecule has 2 bridgehead atoms. The maximum atomic E-state index is 13.1. The van der Waals surface area contributed by atoms with E-state index in [2.05, 4.69) is 15.0 Å². The van der Waals surface area contributed by atoms with Crippen molar-refractivity contribution in [3.8, 4) is 34.1 Å². The number of amides is 1. The fraction of sp³-hybridized carbons (Fsp3) is 0.269. The Kier molecular flexibility index (Phi) is 4.57. The molecular weight excluding hydrogens is 416 g/mol. The summed E-state index contributed by atoms with van der Waals surface area (Å²) in [4.78, 5) is 27.4. The lowest BCUT2D eigenvalue weighted by atomic mass is 10.0. The van der Waals surface area contributed by atoms with Crippen molar-refractivity contribution in [1.29, 1.82) is 0 Å². The van der Waals surface area contributed by atoms with Crippen LogP contribution in [0.4, 0.5) is 0 Å². The number of ether oxygens (including phenoxy) is 1. The number of fused-ring (bicyclic) bond motifs is 3. The lowest BCUT2D eigenvalue weighted by molar-refractivity contribution is 0.0704. The van der Waals surface area contributed by atoms with Crippen molar-refractivity contribution in [2.24, 2.45) is 5.92 Å². The minimum Gasteiger partial charge on any atom is -0.507 e. The first-order valence-electron chi connectivity index (χ1n) is 11.2. The first-order valence-corrected chi connectivity index (χ1v) is 11.2. The number of imidazole rings is 1. The summed E-state index contributed by atoms with van der Waals surface area (Å²) in [6, 6.07) is 15.0. The third-order valence-corrected chi connectivity index (χ3v) is 6.93. The molecule has 3 heterocycles. The third-order valence-electron chi connectivity index (χ3n) is 6.93. The summed E-state index contributed by atoms with van der Waals surface area (Å²) in [5, 5.41) is 10.6. The highest BCUT2D eigenvalue weighted by Crippen LogP contribution is 2.39. The van der Waals surface area contributed by atoms with Crippen LogP contribution in [0, 0.1) is 5.92 Å². The van der Waals surface area contributed by atoms with Crippen molar-refractivity contribution >= 4 is 16.9 Å². The monoisotopic (exact) mass is 440 g/mol. The van der Waals surface area contributed by atoms with Gasteiger partial charge in [-0.05, 0) is 73.2 Å². The van der Waals surface area contributed by atoms with Crippen LogP contribution in [0.2, 0.25) is 0 Å². The lowest BCUT2D eigenvalue weighted by Gasteiger charge is -2.27. The van der Waals surface area contributed by atoms with Gasteiger partial charge in [0.2, 0.25) is 5.88 Å². The Bertz CT molecular complexity index is 1380. The molecule has 2 N–H and O–H groups in total. The van der Waals surface area contributed by atoms with Crippen LogP contribution in [0.1, 0.15) is 29.6 Å². The van der Waals surface area contributed by atoms with Crippen LogP contribution in [-0.2, 0) is 0 Å². The highest BCUT2D eigenvalue weighted by Gasteiger charge is 2.40. The van der Waals surface area contributed by atoms with Gasteiger partial charge in [-0.25, -0.2) is 9.97 Å². The number of aromatic amines is 1. The van der Waals surface area contributed by atoms with Crippen molar-refractivity contribution in [1.82, 2.24) is 19.9 Å². The zero-order valence-corrected chi connectivity index (χ0v) is 18.3. The van der Waals surface area contributed by atoms with E-state index in [1.165, 1.54) is 6.42 Å². The van der Waals surface area contributed by atoms with Crippen LogP contribution in [-0.4, -0.2) is 50.6 Å². The Morgan fingerprint density at radius 3 is 2.85 bits per heavy atom. The summed E-state index contributed by atoms with van der Waals surface area (Å²) in [6.45, 7) is 0.869. The molecule has 2 fully saturated rings. The second-order valence-electron chi connectivity index (χ2n) is 8.90. The molecule has 2 aromatic heterocycles. The number of hydrogen-bond donors (Lipinski definition) is 2. The first-order chi connectivity index (χ1) is 16.1. The fourth-order valence-corrected chi connectivity index (χ4v) is 5.28. The molecule has 2 aliphatic rings. The van der Waals surface area contributed by atoms with E-state index < -0.39 is 0 Å². The number of likely N-dealkylation sites (tertiary alicyclic amines) is 1. The highest BCUT2D eigenvalue weighted by atomic mass is 16.5. The average Bonchev–Trinajstić information content (AvgIpc) is 3.59. The van der Waals surface area contributed by atoms with Crippen LogP contribution >= 0.6 is 0 Å². The van der Waals surface area contributed by atoms with Crippen molar-refractivity contribution in [2.45, 2.75) is 25.3 Å². The zero-order valence-electron chi connectivity index (χ0n) is 18.3. The van der Waals surface area contributed by atoms with Gasteiger partial charge in [0.15, 0.2) is 0 Å². The van der Waals surface area contributed by atoms with Gasteiger partial charge in [0.1, 0.15) is 11.6 Å². The van der Waals surface area contributed by atoms with Gasteiger partial charge in [-0.3, -0.25) is 4.79 Å². The number of methoxy groups -OCH3 is 1. The van der Waals surface area contributed by atoms with Crippen LogP contribution in [0.3, 0.4) is 0 Å². The van der Waals surface area contributed by atoms with Gasteiger partial charge in [-0.15, -0.1) is 0 Å². The van der Waals surface area contributed by atoms with Crippen molar-refractivity contribution in [3.63, 3.8) is 0 Å². The summed E-state index contributed by atoms with van der Waals surface area (Å²) >= 11 is 0. The Hall–Kier alpha value is -3.87. The standard InChI is InChI=1S/C26H24N4O3/c1-33-25-19(3-2-10-27-25)16-6-9-23(31)20(12-16)24-28-21-8-5-17(13-22(21)29-24)26(32)30-14-15-4-7-18(30)11-15/h2-3,5-6,8-10,12-13,15,18,31H,4,7,11,14H2,1H3,(H,28,29)/t15-,18-/m0/s1. The summed E-state index contributed by atoms with van der Waals surface area (Å²) in [7, 11) is 1.58. The van der Waals surface area contributed by atoms with Crippen molar-refractivity contribution in [2.75, 3.05) is 13.7 Å². The van der Waals surface area contributed by atoms with Crippen LogP contribution in [0.25, 0.3) is 33.5 Å². The molecule has 1 aliphatic heterocycles. The first kappa shape index (κ1) is 19.8. The topological polar surface area (TPSA) is 91.3 Å². The van der Waals surface area contributed by atoms with E-state index in [0.717, 1.165) is 41.5 Å². The Morgan fingerprint density at radius 1 is 1.15 bits per heavy atom. The molecule has 4 aromatic rings. The van der Waals surface area contributed by atoms with Crippen LogP contribution in [0.5, 0.6) is 11.6 Å². The summed E-state index contributed by atoms with van der Waals surface area (Å²) in [5.41, 5.74) is 4.43. The van der Waals surface area contributed by atoms with E-state index in [1.54, 1.807) is 19.4 Å². The second kappa shape index (κ2) is 7.62. The van der Waals surface area contributed by atoms with Gasteiger partial charge >= 0.3 is 0 Å². The van der Waals surface area contributed by atoms with Crippen LogP contribution < -0.4 is 4.74 Å². The zero-order chi connectivity index (χ0) is 22.5. The number of carbonyl (C=O) groups excluding carboxylic acids is 1. The number of benzene rings is 2. The largest absolute Gasteiger partial charge is 0.507 e. The average molecular weight is 441 g/mol. The van der Waals surface area contributed by atoms with Gasteiger partial charge in [0.05, 0.1) is 23.7 Å². The summed E-state index contributed by atoms with van der Waals surface area (Å²) < 4.78 is 5.39. The van der Waals surface area contributed by atoms with E-state index in [9.17, 15) is 9.90 Å². The number of nitrogens with zero attached hydrogens (tertiary/aromatic N) is 3. The number of nitrogens with one attached hydrogen (secondary N) is 1. The normalized spacial score (nSPS) is 19.4. The molecule has 2 atom stereocenters. The number of pyridine rings is 1. The minimum atomic E-state index is 0.0915. The molecule has 1 saturated carbocycles. The maximum Gasteiger partial charge on any atom is 0.254 e. The van der Waals surface area contributed by atoms with Crippen molar-refractivity contribution < 1.29 is 14.6 Å². The third kappa shape index (κ3) is 3.31. The molecule has 2 aromatic carbocycles. The van der Waals surface area contributed by atoms with E-state index in [0.29, 0.717) is 34.8 Å². The molecule has 33 heavy (non-hydrogen) atoms. The summed E-state index contributed by atoms with van der Waals surface area (Å²) in [5.74, 6) is 1.92. The Labute approximate surface area is 191 Å². The molecule has 166 valence electrons. The van der Waals surface area contributed by atoms with Crippen molar-refractivity contribution in [3.05, 3.63) is 60.3 Å². The van der Waals surface area contributed by atoms with Gasteiger partial charge in [-0.1, -0.05) is 6.07 Å². The molecule has 7 heteroatoms. The number of aromatic nitrogens is 3. The molecular formula is C26H24N4O3. The predicted octanol–water partition coefficient (Wildman–Crippen LogP) is 4.63. The number of phenols is 1.